The molecule has 1 heterocycles. The van der Waals surface area contributed by atoms with Crippen LogP contribution in [0.2, 0.25) is 0 Å². The van der Waals surface area contributed by atoms with E-state index in [2.05, 4.69) is 10.2 Å². The van der Waals surface area contributed by atoms with Crippen molar-refractivity contribution in [1.82, 2.24) is 10.2 Å². The number of aliphatic hydroxyl groups excluding tert-OH is 1. The van der Waals surface area contributed by atoms with Crippen molar-refractivity contribution in [3.05, 3.63) is 35.6 Å². The van der Waals surface area contributed by atoms with E-state index in [1.165, 1.54) is 24.3 Å². The molecule has 1 amide bonds. The lowest BCUT2D eigenvalue weighted by Gasteiger charge is -2.29. The number of likely N-dealkylation sites (tertiary alicyclic amines) is 1. The fourth-order valence-electron chi connectivity index (χ4n) is 2.52. The minimum absolute atomic E-state index is 0.00540. The van der Waals surface area contributed by atoms with Gasteiger partial charge in [-0.05, 0) is 44.1 Å². The molecule has 1 aliphatic rings. The van der Waals surface area contributed by atoms with Crippen molar-refractivity contribution < 1.29 is 14.3 Å². The van der Waals surface area contributed by atoms with Crippen molar-refractivity contribution in [2.75, 3.05) is 26.7 Å². The summed E-state index contributed by atoms with van der Waals surface area (Å²) in [6, 6.07) is 5.66. The minimum atomic E-state index is -0.805. The van der Waals surface area contributed by atoms with E-state index in [-0.39, 0.29) is 24.2 Å². The molecule has 1 saturated heterocycles. The van der Waals surface area contributed by atoms with E-state index < -0.39 is 6.10 Å². The highest BCUT2D eigenvalue weighted by atomic mass is 19.1. The second kappa shape index (κ2) is 6.81. The number of carbonyl (C=O) groups is 1. The lowest BCUT2D eigenvalue weighted by Crippen LogP contribution is -2.42. The first-order valence-corrected chi connectivity index (χ1v) is 6.96. The zero-order chi connectivity index (χ0) is 14.5. The van der Waals surface area contributed by atoms with Crippen LogP contribution in [-0.2, 0) is 4.79 Å². The van der Waals surface area contributed by atoms with Crippen molar-refractivity contribution in [3.63, 3.8) is 0 Å². The highest BCUT2D eigenvalue weighted by molar-refractivity contribution is 5.79. The lowest BCUT2D eigenvalue weighted by molar-refractivity contribution is -0.127. The second-order valence-electron chi connectivity index (χ2n) is 5.41. The summed E-state index contributed by atoms with van der Waals surface area (Å²) in [6.45, 7) is 1.95. The Morgan fingerprint density at radius 1 is 1.50 bits per heavy atom. The third-order valence-electron chi connectivity index (χ3n) is 3.72. The molecular weight excluding hydrogens is 259 g/mol. The molecule has 4 nitrogen and oxygen atoms in total. The Bertz CT molecular complexity index is 450. The number of aliphatic hydroxyl groups is 1. The molecule has 20 heavy (non-hydrogen) atoms. The van der Waals surface area contributed by atoms with Gasteiger partial charge in [-0.1, -0.05) is 12.1 Å². The van der Waals surface area contributed by atoms with E-state index in [9.17, 15) is 14.3 Å². The third-order valence-corrected chi connectivity index (χ3v) is 3.72. The Hall–Kier alpha value is -1.46. The van der Waals surface area contributed by atoms with Crippen molar-refractivity contribution in [3.8, 4) is 0 Å². The van der Waals surface area contributed by atoms with Crippen molar-refractivity contribution in [2.24, 2.45) is 5.92 Å². The zero-order valence-electron chi connectivity index (χ0n) is 11.7. The molecule has 1 aromatic rings. The smallest absolute Gasteiger partial charge is 0.224 e. The van der Waals surface area contributed by atoms with Crippen LogP contribution < -0.4 is 5.32 Å². The van der Waals surface area contributed by atoms with Crippen LogP contribution in [-0.4, -0.2) is 42.6 Å². The summed E-state index contributed by atoms with van der Waals surface area (Å²) in [5.74, 6) is -0.359. The van der Waals surface area contributed by atoms with Crippen molar-refractivity contribution >= 4 is 5.91 Å². The SMILES string of the molecule is CN1CCCC(C(=O)NCC(O)c2ccc(F)cc2)C1. The molecule has 0 radical (unpaired) electrons. The van der Waals surface area contributed by atoms with E-state index in [4.69, 9.17) is 0 Å². The summed E-state index contributed by atoms with van der Waals surface area (Å²) >= 11 is 0. The number of rotatable bonds is 4. The van der Waals surface area contributed by atoms with Gasteiger partial charge in [-0.15, -0.1) is 0 Å². The molecular formula is C15H21FN2O2. The van der Waals surface area contributed by atoms with Crippen LogP contribution in [0.3, 0.4) is 0 Å². The van der Waals surface area contributed by atoms with Crippen molar-refractivity contribution in [2.45, 2.75) is 18.9 Å². The number of halogens is 1. The minimum Gasteiger partial charge on any atom is -0.387 e. The van der Waals surface area contributed by atoms with Gasteiger partial charge in [0.1, 0.15) is 5.82 Å². The predicted molar refractivity (Wildman–Crippen MR) is 74.6 cm³/mol. The fourth-order valence-corrected chi connectivity index (χ4v) is 2.52. The van der Waals surface area contributed by atoms with Crippen LogP contribution in [0.4, 0.5) is 4.39 Å². The first-order valence-electron chi connectivity index (χ1n) is 6.96. The van der Waals surface area contributed by atoms with Gasteiger partial charge < -0.3 is 15.3 Å². The normalized spacial score (nSPS) is 21.4. The van der Waals surface area contributed by atoms with Gasteiger partial charge in [0.05, 0.1) is 12.0 Å². The molecule has 0 spiro atoms. The molecule has 0 saturated carbocycles. The van der Waals surface area contributed by atoms with Crippen LogP contribution >= 0.6 is 0 Å². The van der Waals surface area contributed by atoms with Gasteiger partial charge in [0, 0.05) is 13.1 Å². The number of nitrogens with one attached hydrogen (secondary N) is 1. The maximum absolute atomic E-state index is 12.8. The number of benzene rings is 1. The van der Waals surface area contributed by atoms with Crippen LogP contribution in [0.15, 0.2) is 24.3 Å². The summed E-state index contributed by atoms with van der Waals surface area (Å²) in [7, 11) is 2.01. The van der Waals surface area contributed by atoms with Gasteiger partial charge in [-0.3, -0.25) is 4.79 Å². The summed E-state index contributed by atoms with van der Waals surface area (Å²) in [6.07, 6.45) is 1.11. The van der Waals surface area contributed by atoms with Gasteiger partial charge in [0.25, 0.3) is 0 Å². The molecule has 1 aromatic carbocycles. The highest BCUT2D eigenvalue weighted by Gasteiger charge is 2.24. The molecule has 1 aliphatic heterocycles. The van der Waals surface area contributed by atoms with Crippen LogP contribution in [0, 0.1) is 11.7 Å². The number of hydrogen-bond donors (Lipinski definition) is 2. The Kier molecular flexibility index (Phi) is 5.09. The fraction of sp³-hybridized carbons (Fsp3) is 0.533. The van der Waals surface area contributed by atoms with Crippen LogP contribution in [0.1, 0.15) is 24.5 Å². The largest absolute Gasteiger partial charge is 0.387 e. The number of nitrogens with zero attached hydrogens (tertiary/aromatic N) is 1. The maximum Gasteiger partial charge on any atom is 0.224 e. The molecule has 2 atom stereocenters. The van der Waals surface area contributed by atoms with E-state index >= 15 is 0 Å². The van der Waals surface area contributed by atoms with E-state index in [0.29, 0.717) is 5.56 Å². The van der Waals surface area contributed by atoms with Gasteiger partial charge >= 0.3 is 0 Å². The molecule has 1 fully saturated rings. The average Bonchev–Trinajstić information content (AvgIpc) is 2.45. The summed E-state index contributed by atoms with van der Waals surface area (Å²) in [5.41, 5.74) is 0.604. The monoisotopic (exact) mass is 280 g/mol. The zero-order valence-corrected chi connectivity index (χ0v) is 11.7. The molecule has 2 rings (SSSR count). The summed E-state index contributed by atoms with van der Waals surface area (Å²) < 4.78 is 12.8. The van der Waals surface area contributed by atoms with Crippen molar-refractivity contribution in [1.29, 1.82) is 0 Å². The Morgan fingerprint density at radius 3 is 2.85 bits per heavy atom. The summed E-state index contributed by atoms with van der Waals surface area (Å²) in [5, 5.41) is 12.7. The number of amides is 1. The molecule has 2 N–H and O–H groups in total. The molecule has 2 unspecified atom stereocenters. The molecule has 0 aliphatic carbocycles. The maximum atomic E-state index is 12.8. The van der Waals surface area contributed by atoms with Gasteiger partial charge in [-0.25, -0.2) is 4.39 Å². The molecule has 5 heteroatoms. The Balaban J connectivity index is 1.82. The topological polar surface area (TPSA) is 52.6 Å². The van der Waals surface area contributed by atoms with Gasteiger partial charge in [0.15, 0.2) is 0 Å². The Morgan fingerprint density at radius 2 is 2.20 bits per heavy atom. The lowest BCUT2D eigenvalue weighted by atomic mass is 9.97. The van der Waals surface area contributed by atoms with E-state index in [1.54, 1.807) is 0 Å². The summed E-state index contributed by atoms with van der Waals surface area (Å²) in [4.78, 5) is 14.2. The van der Waals surface area contributed by atoms with E-state index in [0.717, 1.165) is 25.9 Å². The van der Waals surface area contributed by atoms with Gasteiger partial charge in [0.2, 0.25) is 5.91 Å². The number of carbonyl (C=O) groups excluding carboxylic acids is 1. The average molecular weight is 280 g/mol. The number of hydrogen-bond acceptors (Lipinski definition) is 3. The first kappa shape index (κ1) is 14.9. The van der Waals surface area contributed by atoms with Gasteiger partial charge in [-0.2, -0.15) is 0 Å². The first-order chi connectivity index (χ1) is 9.56. The van der Waals surface area contributed by atoms with Crippen LogP contribution in [0.5, 0.6) is 0 Å². The molecule has 0 bridgehead atoms. The molecule has 110 valence electrons. The predicted octanol–water partition coefficient (Wildman–Crippen LogP) is 1.32. The third kappa shape index (κ3) is 4.02. The second-order valence-corrected chi connectivity index (χ2v) is 5.41. The Labute approximate surface area is 118 Å². The standard InChI is InChI=1S/C15H21FN2O2/c1-18-8-2-3-12(10-18)15(20)17-9-14(19)11-4-6-13(16)7-5-11/h4-7,12,14,19H,2-3,8-10H2,1H3,(H,17,20). The quantitative estimate of drug-likeness (QED) is 0.874. The van der Waals surface area contributed by atoms with Crippen LogP contribution in [0.25, 0.3) is 0 Å². The van der Waals surface area contributed by atoms with E-state index in [1.807, 2.05) is 7.05 Å². The number of piperidine rings is 1. The molecule has 0 aromatic heterocycles. The highest BCUT2D eigenvalue weighted by Crippen LogP contribution is 2.16.